The van der Waals surface area contributed by atoms with Crippen molar-refractivity contribution in [1.82, 2.24) is 24.2 Å². The summed E-state index contributed by atoms with van der Waals surface area (Å²) in [5.74, 6) is 1.62. The second-order valence-electron chi connectivity index (χ2n) is 12.4. The van der Waals surface area contributed by atoms with Crippen LogP contribution in [0.3, 0.4) is 0 Å². The Labute approximate surface area is 248 Å². The highest BCUT2D eigenvalue weighted by Gasteiger charge is 2.33. The summed E-state index contributed by atoms with van der Waals surface area (Å²) in [6, 6.07) is 16.9. The topological polar surface area (TPSA) is 69.0 Å². The normalized spacial score (nSPS) is 23.3. The first kappa shape index (κ1) is 27.1. The first-order valence-electron chi connectivity index (χ1n) is 15.4. The first-order chi connectivity index (χ1) is 20.5. The molecule has 8 heteroatoms. The van der Waals surface area contributed by atoms with Gasteiger partial charge in [-0.25, -0.2) is 4.98 Å². The fourth-order valence-corrected chi connectivity index (χ4v) is 7.34. The van der Waals surface area contributed by atoms with Crippen LogP contribution in [0.15, 0.2) is 60.9 Å². The van der Waals surface area contributed by atoms with E-state index in [1.54, 1.807) is 0 Å². The third-order valence-electron chi connectivity index (χ3n) is 9.86. The molecule has 218 valence electrons. The molecule has 1 N–H and O–H groups in total. The Hall–Kier alpha value is -3.75. The Morgan fingerprint density at radius 1 is 0.929 bits per heavy atom. The molecular formula is C34H41N7O. The van der Waals surface area contributed by atoms with Crippen LogP contribution in [0.5, 0.6) is 0 Å². The summed E-state index contributed by atoms with van der Waals surface area (Å²) >= 11 is 0. The molecule has 1 amide bonds. The third-order valence-corrected chi connectivity index (χ3v) is 9.86. The van der Waals surface area contributed by atoms with Crippen LogP contribution in [0.4, 0.5) is 11.4 Å². The van der Waals surface area contributed by atoms with E-state index in [1.807, 2.05) is 37.5 Å². The van der Waals surface area contributed by atoms with Crippen LogP contribution < -0.4 is 10.2 Å². The molecule has 2 aliphatic heterocycles. The standard InChI is InChI=1S/C34H41N7O/c1-23-32-31(24-8-12-27(13-9-24)36-34(42)30-22-26-6-4-5-7-29(26)39(30)3)37-33(41(32)17-16-35-23)25-10-14-28(15-11-25)40-20-18-38(2)19-21-40/h4-9,12-13,16-17,25,28,30H,10-11,14-15,18-22H2,1-3H3,(H,36,42)/t25-,28-,30?. The van der Waals surface area contributed by atoms with E-state index in [4.69, 9.17) is 4.98 Å². The van der Waals surface area contributed by atoms with Crippen molar-refractivity contribution in [1.29, 1.82) is 0 Å². The molecule has 3 aliphatic rings. The lowest BCUT2D eigenvalue weighted by molar-refractivity contribution is -0.117. The molecule has 1 saturated heterocycles. The number of piperazine rings is 1. The van der Waals surface area contributed by atoms with Crippen molar-refractivity contribution in [3.63, 3.8) is 0 Å². The number of hydrogen-bond donors (Lipinski definition) is 1. The number of benzene rings is 2. The van der Waals surface area contributed by atoms with Crippen LogP contribution in [-0.2, 0) is 11.2 Å². The van der Waals surface area contributed by atoms with E-state index in [-0.39, 0.29) is 11.9 Å². The van der Waals surface area contributed by atoms with Gasteiger partial charge in [0.2, 0.25) is 5.91 Å². The monoisotopic (exact) mass is 563 g/mol. The van der Waals surface area contributed by atoms with Crippen molar-refractivity contribution in [3.05, 3.63) is 78.0 Å². The first-order valence-corrected chi connectivity index (χ1v) is 15.4. The molecule has 4 heterocycles. The molecule has 2 aromatic carbocycles. The zero-order chi connectivity index (χ0) is 28.8. The zero-order valence-electron chi connectivity index (χ0n) is 25.0. The van der Waals surface area contributed by atoms with Crippen molar-refractivity contribution in [2.24, 2.45) is 0 Å². The molecule has 1 aliphatic carbocycles. The van der Waals surface area contributed by atoms with Gasteiger partial charge in [0.1, 0.15) is 11.9 Å². The Balaban J connectivity index is 1.08. The smallest absolute Gasteiger partial charge is 0.247 e. The van der Waals surface area contributed by atoms with E-state index in [0.717, 1.165) is 46.1 Å². The van der Waals surface area contributed by atoms with E-state index >= 15 is 0 Å². The van der Waals surface area contributed by atoms with Gasteiger partial charge in [0.25, 0.3) is 0 Å². The van der Waals surface area contributed by atoms with Gasteiger partial charge in [-0.1, -0.05) is 30.3 Å². The average molecular weight is 564 g/mol. The number of nitrogens with one attached hydrogen (secondary N) is 1. The predicted molar refractivity (Wildman–Crippen MR) is 168 cm³/mol. The minimum atomic E-state index is -0.207. The van der Waals surface area contributed by atoms with Gasteiger partial charge >= 0.3 is 0 Å². The predicted octanol–water partition coefficient (Wildman–Crippen LogP) is 4.98. The highest BCUT2D eigenvalue weighted by molar-refractivity contribution is 5.98. The molecule has 7 rings (SSSR count). The van der Waals surface area contributed by atoms with Crippen LogP contribution in [-0.4, -0.2) is 82.4 Å². The second kappa shape index (κ2) is 11.2. The molecular weight excluding hydrogens is 522 g/mol. The van der Waals surface area contributed by atoms with Crippen molar-refractivity contribution in [3.8, 4) is 11.3 Å². The molecule has 0 radical (unpaired) electrons. The quantitative estimate of drug-likeness (QED) is 0.370. The lowest BCUT2D eigenvalue weighted by atomic mass is 9.84. The van der Waals surface area contributed by atoms with Crippen LogP contribution in [0.25, 0.3) is 16.8 Å². The number of likely N-dealkylation sites (N-methyl/N-ethyl adjacent to an activating group) is 2. The van der Waals surface area contributed by atoms with Crippen molar-refractivity contribution < 1.29 is 4.79 Å². The van der Waals surface area contributed by atoms with Gasteiger partial charge in [-0.2, -0.15) is 0 Å². The Bertz CT molecular complexity index is 1580. The lowest BCUT2D eigenvalue weighted by Gasteiger charge is -2.41. The maximum atomic E-state index is 13.2. The zero-order valence-corrected chi connectivity index (χ0v) is 25.0. The molecule has 1 saturated carbocycles. The summed E-state index contributed by atoms with van der Waals surface area (Å²) < 4.78 is 2.28. The number of rotatable bonds is 5. The maximum absolute atomic E-state index is 13.2. The molecule has 1 unspecified atom stereocenters. The third kappa shape index (κ3) is 4.96. The number of para-hydroxylation sites is 1. The molecule has 1 atom stereocenters. The molecule has 8 nitrogen and oxygen atoms in total. The van der Waals surface area contributed by atoms with Gasteiger partial charge in [0, 0.05) is 80.9 Å². The number of anilines is 2. The largest absolute Gasteiger partial charge is 0.362 e. The minimum absolute atomic E-state index is 0.0170. The van der Waals surface area contributed by atoms with Gasteiger partial charge < -0.3 is 15.1 Å². The van der Waals surface area contributed by atoms with Gasteiger partial charge in [0.05, 0.1) is 16.9 Å². The Morgan fingerprint density at radius 2 is 1.67 bits per heavy atom. The van der Waals surface area contributed by atoms with Crippen LogP contribution in [0.2, 0.25) is 0 Å². The fourth-order valence-electron chi connectivity index (χ4n) is 7.34. The number of amides is 1. The number of aryl methyl sites for hydroxylation is 1. The van der Waals surface area contributed by atoms with Gasteiger partial charge in [-0.15, -0.1) is 0 Å². The van der Waals surface area contributed by atoms with E-state index in [9.17, 15) is 4.79 Å². The number of fused-ring (bicyclic) bond motifs is 2. The number of carbonyl (C=O) groups excluding carboxylic acids is 1. The summed E-state index contributed by atoms with van der Waals surface area (Å²) in [5.41, 5.74) is 7.23. The van der Waals surface area contributed by atoms with E-state index in [1.165, 1.54) is 57.4 Å². The molecule has 0 spiro atoms. The Kier molecular flexibility index (Phi) is 7.20. The number of nitrogens with zero attached hydrogens (tertiary/aromatic N) is 6. The fraction of sp³-hybridized carbons (Fsp3) is 0.441. The lowest BCUT2D eigenvalue weighted by Crippen LogP contribution is -2.49. The van der Waals surface area contributed by atoms with Gasteiger partial charge in [-0.3, -0.25) is 19.1 Å². The van der Waals surface area contributed by atoms with Crippen LogP contribution >= 0.6 is 0 Å². The maximum Gasteiger partial charge on any atom is 0.247 e. The van der Waals surface area contributed by atoms with E-state index in [0.29, 0.717) is 12.0 Å². The molecule has 42 heavy (non-hydrogen) atoms. The second-order valence-corrected chi connectivity index (χ2v) is 12.4. The summed E-state index contributed by atoms with van der Waals surface area (Å²) in [4.78, 5) is 30.3. The summed E-state index contributed by atoms with van der Waals surface area (Å²) in [6.07, 6.45) is 9.50. The SMILES string of the molecule is Cc1nccn2c1c(-c1ccc(NC(=O)C3Cc4ccccc4N3C)cc1)nc2[C@H]1CC[C@H](N2CCN(C)CC2)CC1. The highest BCUT2D eigenvalue weighted by atomic mass is 16.2. The highest BCUT2D eigenvalue weighted by Crippen LogP contribution is 2.38. The number of hydrogen-bond acceptors (Lipinski definition) is 6. The van der Waals surface area contributed by atoms with Gasteiger partial charge in [-0.05, 0) is 63.4 Å². The van der Waals surface area contributed by atoms with Crippen molar-refractivity contribution in [2.45, 2.75) is 57.0 Å². The van der Waals surface area contributed by atoms with Crippen molar-refractivity contribution >= 4 is 22.8 Å². The average Bonchev–Trinajstić information content (AvgIpc) is 3.57. The van der Waals surface area contributed by atoms with Crippen LogP contribution in [0.1, 0.15) is 48.7 Å². The summed E-state index contributed by atoms with van der Waals surface area (Å²) in [5, 5.41) is 3.14. The molecule has 0 bridgehead atoms. The summed E-state index contributed by atoms with van der Waals surface area (Å²) in [6.45, 7) is 6.80. The van der Waals surface area contributed by atoms with E-state index < -0.39 is 0 Å². The molecule has 2 aromatic heterocycles. The minimum Gasteiger partial charge on any atom is -0.362 e. The van der Waals surface area contributed by atoms with Crippen molar-refractivity contribution in [2.75, 3.05) is 50.5 Å². The number of aromatic nitrogens is 3. The van der Waals surface area contributed by atoms with Gasteiger partial charge in [0.15, 0.2) is 0 Å². The Morgan fingerprint density at radius 3 is 2.40 bits per heavy atom. The summed E-state index contributed by atoms with van der Waals surface area (Å²) in [7, 11) is 4.22. The molecule has 2 fully saturated rings. The number of carbonyl (C=O) groups is 1. The van der Waals surface area contributed by atoms with E-state index in [2.05, 4.69) is 73.8 Å². The number of imidazole rings is 1. The molecule has 4 aromatic rings. The van der Waals surface area contributed by atoms with Crippen LogP contribution in [0, 0.1) is 6.92 Å².